The first kappa shape index (κ1) is 11.2. The molecule has 0 saturated heterocycles. The highest BCUT2D eigenvalue weighted by atomic mass is 31.1. The lowest BCUT2D eigenvalue weighted by molar-refractivity contribution is -0.105. The molecule has 76 valence electrons. The number of anilines is 1. The normalized spacial score (nSPS) is 12.1. The van der Waals surface area contributed by atoms with Gasteiger partial charge in [-0.2, -0.15) is 0 Å². The number of nitrogens with one attached hydrogen (secondary N) is 1. The quantitative estimate of drug-likeness (QED) is 0.576. The van der Waals surface area contributed by atoms with Gasteiger partial charge in [0.25, 0.3) is 0 Å². The topological polar surface area (TPSA) is 49.3 Å². The van der Waals surface area contributed by atoms with Crippen molar-refractivity contribution < 1.29 is 9.69 Å². The van der Waals surface area contributed by atoms with E-state index in [0.717, 1.165) is 18.3 Å². The second-order valence-corrected chi connectivity index (χ2v) is 4.85. The average molecular weight is 211 g/mol. The molecule has 0 spiro atoms. The molecule has 0 saturated carbocycles. The Morgan fingerprint density at radius 1 is 1.43 bits per heavy atom. The van der Waals surface area contributed by atoms with Crippen molar-refractivity contribution in [3.63, 3.8) is 0 Å². The van der Waals surface area contributed by atoms with E-state index in [0.29, 0.717) is 6.41 Å². The van der Waals surface area contributed by atoms with Crippen LogP contribution in [0.25, 0.3) is 0 Å². The fourth-order valence-corrected chi connectivity index (χ4v) is 1.71. The number of carbonyl (C=O) groups excluding carboxylic acids is 1. The van der Waals surface area contributed by atoms with Crippen LogP contribution in [0.4, 0.5) is 5.69 Å². The zero-order valence-electron chi connectivity index (χ0n) is 8.10. The summed E-state index contributed by atoms with van der Waals surface area (Å²) in [6.07, 6.45) is 2.38. The molecule has 2 N–H and O–H groups in total. The van der Waals surface area contributed by atoms with Crippen molar-refractivity contribution in [1.29, 1.82) is 0 Å². The molecule has 1 aromatic rings. The summed E-state index contributed by atoms with van der Waals surface area (Å²) in [5.41, 5.74) is 1.98. The van der Waals surface area contributed by atoms with Gasteiger partial charge in [0.05, 0.1) is 0 Å². The van der Waals surface area contributed by atoms with Crippen LogP contribution in [0.2, 0.25) is 0 Å². The summed E-state index contributed by atoms with van der Waals surface area (Å²) in [7, 11) is -0.810. The molecule has 0 bridgehead atoms. The third-order valence-electron chi connectivity index (χ3n) is 1.90. The molecule has 1 aromatic carbocycles. The fourth-order valence-electron chi connectivity index (χ4n) is 1.13. The third-order valence-corrected chi connectivity index (χ3v) is 2.77. The van der Waals surface area contributed by atoms with Gasteiger partial charge in [-0.25, -0.2) is 0 Å². The van der Waals surface area contributed by atoms with Crippen LogP contribution in [0, 0.1) is 0 Å². The number of rotatable bonds is 5. The number of carbonyl (C=O) groups is 1. The summed E-state index contributed by atoms with van der Waals surface area (Å²) < 4.78 is 0. The first-order valence-electron chi connectivity index (χ1n) is 4.41. The highest BCUT2D eigenvalue weighted by Crippen LogP contribution is 2.24. The van der Waals surface area contributed by atoms with E-state index in [2.05, 4.69) is 5.32 Å². The number of aryl methyl sites for hydroxylation is 1. The summed E-state index contributed by atoms with van der Waals surface area (Å²) in [6.45, 7) is 1.84. The Bertz CT molecular complexity index is 285. The smallest absolute Gasteiger partial charge is 0.211 e. The van der Waals surface area contributed by atoms with Crippen molar-refractivity contribution in [3.8, 4) is 0 Å². The van der Waals surface area contributed by atoms with Crippen LogP contribution in [0.5, 0.6) is 0 Å². The molecule has 0 aromatic heterocycles. The maximum Gasteiger partial charge on any atom is 0.211 e. The van der Waals surface area contributed by atoms with Crippen LogP contribution in [0.3, 0.4) is 0 Å². The van der Waals surface area contributed by atoms with E-state index in [1.807, 2.05) is 30.9 Å². The van der Waals surface area contributed by atoms with Gasteiger partial charge in [0.2, 0.25) is 6.41 Å². The summed E-state index contributed by atoms with van der Waals surface area (Å²) in [5, 5.41) is 2.57. The average Bonchev–Trinajstić information content (AvgIpc) is 2.17. The van der Waals surface area contributed by atoms with Crippen LogP contribution in [-0.4, -0.2) is 24.1 Å². The zero-order valence-corrected chi connectivity index (χ0v) is 9.00. The molecule has 0 aliphatic heterocycles. The predicted molar refractivity (Wildman–Crippen MR) is 59.8 cm³/mol. The lowest BCUT2D eigenvalue weighted by atomic mass is 10.1. The molecule has 1 rings (SSSR count). The molecule has 0 aliphatic rings. The van der Waals surface area contributed by atoms with Gasteiger partial charge in [-0.05, 0) is 36.9 Å². The lowest BCUT2D eigenvalue weighted by Gasteiger charge is -2.04. The Labute approximate surface area is 85.0 Å². The number of hydrogen-bond acceptors (Lipinski definition) is 2. The van der Waals surface area contributed by atoms with Crippen molar-refractivity contribution in [2.24, 2.45) is 0 Å². The van der Waals surface area contributed by atoms with Crippen LogP contribution >= 0.6 is 8.15 Å². The molecule has 3 nitrogen and oxygen atoms in total. The van der Waals surface area contributed by atoms with E-state index in [-0.39, 0.29) is 0 Å². The van der Waals surface area contributed by atoms with Gasteiger partial charge < -0.3 is 10.2 Å². The molecule has 1 atom stereocenters. The van der Waals surface area contributed by atoms with Gasteiger partial charge in [0.1, 0.15) is 0 Å². The maximum absolute atomic E-state index is 10.1. The summed E-state index contributed by atoms with van der Waals surface area (Å²) in [4.78, 5) is 19.3. The molecule has 1 amide bonds. The van der Waals surface area contributed by atoms with E-state index >= 15 is 0 Å². The Balaban J connectivity index is 2.50. The van der Waals surface area contributed by atoms with Crippen molar-refractivity contribution in [1.82, 2.24) is 0 Å². The molecular formula is C10H14NO2P. The van der Waals surface area contributed by atoms with Gasteiger partial charge in [-0.3, -0.25) is 4.79 Å². The van der Waals surface area contributed by atoms with Crippen LogP contribution in [-0.2, 0) is 11.2 Å². The van der Waals surface area contributed by atoms with Crippen molar-refractivity contribution in [3.05, 3.63) is 29.8 Å². The molecule has 0 aliphatic carbocycles. The van der Waals surface area contributed by atoms with E-state index in [4.69, 9.17) is 4.89 Å². The summed E-state index contributed by atoms with van der Waals surface area (Å²) in [5.74, 6) is 0. The molecule has 4 heteroatoms. The van der Waals surface area contributed by atoms with Gasteiger partial charge in [0, 0.05) is 13.8 Å². The SMILES string of the molecule is CP(O)CCc1ccc(NC=O)cc1. The minimum atomic E-state index is -0.810. The van der Waals surface area contributed by atoms with E-state index in [1.54, 1.807) is 0 Å². The van der Waals surface area contributed by atoms with E-state index in [9.17, 15) is 4.79 Å². The van der Waals surface area contributed by atoms with Crippen molar-refractivity contribution in [2.45, 2.75) is 6.42 Å². The Hall–Kier alpha value is -0.920. The van der Waals surface area contributed by atoms with Gasteiger partial charge >= 0.3 is 0 Å². The van der Waals surface area contributed by atoms with Crippen LogP contribution in [0.15, 0.2) is 24.3 Å². The molecule has 0 heterocycles. The second kappa shape index (κ2) is 5.74. The largest absolute Gasteiger partial charge is 0.374 e. The van der Waals surface area contributed by atoms with Gasteiger partial charge in [0.15, 0.2) is 0 Å². The second-order valence-electron chi connectivity index (χ2n) is 3.09. The van der Waals surface area contributed by atoms with E-state index < -0.39 is 8.15 Å². The monoisotopic (exact) mass is 211 g/mol. The van der Waals surface area contributed by atoms with Gasteiger partial charge in [-0.1, -0.05) is 12.1 Å². The van der Waals surface area contributed by atoms with Gasteiger partial charge in [-0.15, -0.1) is 0 Å². The molecular weight excluding hydrogens is 197 g/mol. The highest BCUT2D eigenvalue weighted by Gasteiger charge is 1.97. The highest BCUT2D eigenvalue weighted by molar-refractivity contribution is 7.50. The third kappa shape index (κ3) is 3.86. The number of amides is 1. The number of benzene rings is 1. The Kier molecular flexibility index (Phi) is 4.57. The summed E-state index contributed by atoms with van der Waals surface area (Å²) >= 11 is 0. The summed E-state index contributed by atoms with van der Waals surface area (Å²) in [6, 6.07) is 7.65. The molecule has 0 fully saturated rings. The minimum Gasteiger partial charge on any atom is -0.374 e. The predicted octanol–water partition coefficient (Wildman–Crippen LogP) is 1.82. The zero-order chi connectivity index (χ0) is 10.4. The van der Waals surface area contributed by atoms with Crippen molar-refractivity contribution >= 4 is 20.2 Å². The Morgan fingerprint density at radius 2 is 2.07 bits per heavy atom. The van der Waals surface area contributed by atoms with Crippen LogP contribution in [0.1, 0.15) is 5.56 Å². The van der Waals surface area contributed by atoms with Crippen molar-refractivity contribution in [2.75, 3.05) is 18.1 Å². The van der Waals surface area contributed by atoms with Crippen LogP contribution < -0.4 is 5.32 Å². The molecule has 0 radical (unpaired) electrons. The first-order chi connectivity index (χ1) is 6.72. The van der Waals surface area contributed by atoms with E-state index in [1.165, 1.54) is 5.56 Å². The number of hydrogen-bond donors (Lipinski definition) is 2. The minimum absolute atomic E-state index is 0.661. The Morgan fingerprint density at radius 3 is 2.57 bits per heavy atom. The molecule has 14 heavy (non-hydrogen) atoms. The standard InChI is InChI=1S/C10H14NO2P/c1-14(13)7-6-9-2-4-10(5-3-9)11-8-12/h2-5,8,13H,6-7H2,1H3,(H,11,12). The first-order valence-corrected chi connectivity index (χ1v) is 6.34. The fraction of sp³-hybridized carbons (Fsp3) is 0.300. The molecule has 1 unspecified atom stereocenters. The lowest BCUT2D eigenvalue weighted by Crippen LogP contribution is -1.94. The maximum atomic E-state index is 10.1.